The predicted octanol–water partition coefficient (Wildman–Crippen LogP) is 1.32. The molecule has 0 fully saturated rings. The van der Waals surface area contributed by atoms with Crippen molar-refractivity contribution >= 4 is 11.6 Å². The molecule has 0 radical (unpaired) electrons. The van der Waals surface area contributed by atoms with Crippen LogP contribution in [-0.2, 0) is 0 Å². The van der Waals surface area contributed by atoms with Crippen LogP contribution in [0.4, 0.5) is 11.6 Å². The lowest BCUT2D eigenvalue weighted by molar-refractivity contribution is 0.360. The summed E-state index contributed by atoms with van der Waals surface area (Å²) in [4.78, 5) is 13.6. The number of nitrogens with zero attached hydrogens (tertiary/aromatic N) is 4. The number of hydrogen-bond donors (Lipinski definition) is 1. The van der Waals surface area contributed by atoms with Crippen LogP contribution in [0.1, 0.15) is 0 Å². The van der Waals surface area contributed by atoms with Crippen molar-refractivity contribution in [1.29, 1.82) is 0 Å². The summed E-state index contributed by atoms with van der Waals surface area (Å²) in [5.74, 6) is 0.657. The van der Waals surface area contributed by atoms with Crippen molar-refractivity contribution in [3.05, 3.63) is 24.3 Å². The van der Waals surface area contributed by atoms with Gasteiger partial charge in [0.2, 0.25) is 5.95 Å². The number of aromatic nitrogens is 3. The van der Waals surface area contributed by atoms with E-state index in [1.165, 1.54) is 7.11 Å². The second kappa shape index (κ2) is 5.38. The molecule has 2 N–H and O–H groups in total. The maximum atomic E-state index is 5.54. The van der Waals surface area contributed by atoms with Crippen LogP contribution in [0, 0.1) is 0 Å². The van der Waals surface area contributed by atoms with Crippen molar-refractivity contribution in [2.24, 2.45) is 0 Å². The first kappa shape index (κ1) is 12.9. The minimum absolute atomic E-state index is 0.0469. The van der Waals surface area contributed by atoms with Crippen molar-refractivity contribution in [2.45, 2.75) is 0 Å². The van der Waals surface area contributed by atoms with Gasteiger partial charge >= 0.3 is 12.0 Å². The maximum absolute atomic E-state index is 5.54. The smallest absolute Gasteiger partial charge is 0.330 e. The fraction of sp³-hybridized carbons (Fsp3) is 0.250. The third kappa shape index (κ3) is 3.21. The summed E-state index contributed by atoms with van der Waals surface area (Å²) in [6.07, 6.45) is 0. The van der Waals surface area contributed by atoms with Crippen LogP contribution < -0.4 is 20.1 Å². The fourth-order valence-electron chi connectivity index (χ4n) is 1.42. The van der Waals surface area contributed by atoms with Crippen molar-refractivity contribution < 1.29 is 9.47 Å². The average Bonchev–Trinajstić information content (AvgIpc) is 2.38. The van der Waals surface area contributed by atoms with Crippen LogP contribution in [-0.4, -0.2) is 36.2 Å². The molecule has 2 rings (SSSR count). The summed E-state index contributed by atoms with van der Waals surface area (Å²) in [5, 5.41) is 0. The second-order valence-electron chi connectivity index (χ2n) is 3.96. The van der Waals surface area contributed by atoms with Crippen LogP contribution in [0.25, 0.3) is 0 Å². The molecule has 2 aromatic rings. The van der Waals surface area contributed by atoms with Gasteiger partial charge in [0.25, 0.3) is 0 Å². The van der Waals surface area contributed by atoms with Gasteiger partial charge in [-0.3, -0.25) is 0 Å². The van der Waals surface area contributed by atoms with Gasteiger partial charge < -0.3 is 20.1 Å². The molecule has 7 nitrogen and oxygen atoms in total. The molecular weight excluding hydrogens is 246 g/mol. The van der Waals surface area contributed by atoms with Gasteiger partial charge in [0.15, 0.2) is 0 Å². The lowest BCUT2D eigenvalue weighted by Crippen LogP contribution is -2.08. The molecular formula is C12H15N5O2. The number of anilines is 2. The Hall–Kier alpha value is -2.57. The van der Waals surface area contributed by atoms with E-state index in [0.29, 0.717) is 5.75 Å². The van der Waals surface area contributed by atoms with Crippen LogP contribution in [0.2, 0.25) is 0 Å². The standard InChI is InChI=1S/C12H15N5O2/c1-17(2)8-5-4-6-9(7-8)19-12-15-10(13)14-11(16-12)18-3/h4-7H,1-3H3,(H2,13,14,15,16). The van der Waals surface area contributed by atoms with Crippen LogP contribution in [0.15, 0.2) is 24.3 Å². The number of methoxy groups -OCH3 is 1. The Labute approximate surface area is 111 Å². The van der Waals surface area contributed by atoms with Crippen molar-refractivity contribution in [2.75, 3.05) is 31.8 Å². The van der Waals surface area contributed by atoms with Crippen molar-refractivity contribution in [3.8, 4) is 17.8 Å². The molecule has 0 bridgehead atoms. The highest BCUT2D eigenvalue weighted by atomic mass is 16.5. The minimum Gasteiger partial charge on any atom is -0.467 e. The molecule has 0 saturated carbocycles. The van der Waals surface area contributed by atoms with Gasteiger partial charge in [-0.1, -0.05) is 6.07 Å². The largest absolute Gasteiger partial charge is 0.467 e. The highest BCUT2D eigenvalue weighted by Crippen LogP contribution is 2.23. The molecule has 0 saturated heterocycles. The summed E-state index contributed by atoms with van der Waals surface area (Å²) in [5.41, 5.74) is 6.54. The molecule has 1 aromatic heterocycles. The zero-order chi connectivity index (χ0) is 13.8. The SMILES string of the molecule is COc1nc(N)nc(Oc2cccc(N(C)C)c2)n1. The predicted molar refractivity (Wildman–Crippen MR) is 71.6 cm³/mol. The molecule has 1 aromatic carbocycles. The Balaban J connectivity index is 2.25. The quantitative estimate of drug-likeness (QED) is 0.888. The zero-order valence-corrected chi connectivity index (χ0v) is 11.0. The molecule has 0 spiro atoms. The fourth-order valence-corrected chi connectivity index (χ4v) is 1.42. The molecule has 19 heavy (non-hydrogen) atoms. The van der Waals surface area contributed by atoms with E-state index in [2.05, 4.69) is 15.0 Å². The van der Waals surface area contributed by atoms with Crippen molar-refractivity contribution in [1.82, 2.24) is 15.0 Å². The van der Waals surface area contributed by atoms with E-state index in [4.69, 9.17) is 15.2 Å². The monoisotopic (exact) mass is 261 g/mol. The van der Waals surface area contributed by atoms with Gasteiger partial charge in [-0.2, -0.15) is 9.97 Å². The Morgan fingerprint density at radius 3 is 2.53 bits per heavy atom. The Morgan fingerprint density at radius 2 is 1.84 bits per heavy atom. The molecule has 0 amide bonds. The summed E-state index contributed by atoms with van der Waals surface area (Å²) in [7, 11) is 5.34. The number of ether oxygens (including phenoxy) is 2. The van der Waals surface area contributed by atoms with Crippen LogP contribution >= 0.6 is 0 Å². The highest BCUT2D eigenvalue weighted by Gasteiger charge is 2.07. The second-order valence-corrected chi connectivity index (χ2v) is 3.96. The van der Waals surface area contributed by atoms with E-state index in [-0.39, 0.29) is 18.0 Å². The van der Waals surface area contributed by atoms with E-state index < -0.39 is 0 Å². The number of nitrogens with two attached hydrogens (primary N) is 1. The number of hydrogen-bond acceptors (Lipinski definition) is 7. The summed E-state index contributed by atoms with van der Waals surface area (Å²) < 4.78 is 10.4. The molecule has 7 heteroatoms. The van der Waals surface area contributed by atoms with Gasteiger partial charge in [0.1, 0.15) is 5.75 Å². The summed E-state index contributed by atoms with van der Waals surface area (Å²) in [6.45, 7) is 0. The van der Waals surface area contributed by atoms with Gasteiger partial charge in [-0.25, -0.2) is 0 Å². The zero-order valence-electron chi connectivity index (χ0n) is 11.0. The van der Waals surface area contributed by atoms with E-state index in [0.717, 1.165) is 5.69 Å². The summed E-state index contributed by atoms with van der Waals surface area (Å²) in [6, 6.07) is 7.74. The maximum Gasteiger partial charge on any atom is 0.330 e. The molecule has 0 aliphatic carbocycles. The highest BCUT2D eigenvalue weighted by molar-refractivity contribution is 5.49. The van der Waals surface area contributed by atoms with E-state index >= 15 is 0 Å². The van der Waals surface area contributed by atoms with Gasteiger partial charge in [0.05, 0.1) is 7.11 Å². The van der Waals surface area contributed by atoms with Gasteiger partial charge in [-0.15, -0.1) is 4.98 Å². The Kier molecular flexibility index (Phi) is 3.65. The number of nitrogen functional groups attached to an aromatic ring is 1. The molecule has 100 valence electrons. The normalized spacial score (nSPS) is 10.1. The lowest BCUT2D eigenvalue weighted by atomic mass is 10.3. The first-order chi connectivity index (χ1) is 9.08. The van der Waals surface area contributed by atoms with Crippen molar-refractivity contribution in [3.63, 3.8) is 0 Å². The first-order valence-electron chi connectivity index (χ1n) is 5.59. The van der Waals surface area contributed by atoms with Crippen LogP contribution in [0.3, 0.4) is 0 Å². The summed E-state index contributed by atoms with van der Waals surface area (Å²) >= 11 is 0. The van der Waals surface area contributed by atoms with E-state index in [1.54, 1.807) is 6.07 Å². The lowest BCUT2D eigenvalue weighted by Gasteiger charge is -2.13. The molecule has 0 aliphatic rings. The van der Waals surface area contributed by atoms with E-state index in [1.807, 2.05) is 37.2 Å². The molecule has 1 heterocycles. The Bertz CT molecular complexity index is 574. The first-order valence-corrected chi connectivity index (χ1v) is 5.59. The topological polar surface area (TPSA) is 86.4 Å². The molecule has 0 aliphatic heterocycles. The average molecular weight is 261 g/mol. The molecule has 0 atom stereocenters. The minimum atomic E-state index is 0.0469. The number of benzene rings is 1. The third-order valence-corrected chi connectivity index (χ3v) is 2.34. The third-order valence-electron chi connectivity index (χ3n) is 2.34. The number of rotatable bonds is 4. The van der Waals surface area contributed by atoms with Crippen LogP contribution in [0.5, 0.6) is 17.8 Å². The van der Waals surface area contributed by atoms with Gasteiger partial charge in [0, 0.05) is 25.8 Å². The Morgan fingerprint density at radius 1 is 1.11 bits per heavy atom. The van der Waals surface area contributed by atoms with E-state index in [9.17, 15) is 0 Å². The molecule has 0 unspecified atom stereocenters. The van der Waals surface area contributed by atoms with Gasteiger partial charge in [-0.05, 0) is 12.1 Å².